The van der Waals surface area contributed by atoms with Gasteiger partial charge in [-0.15, -0.1) is 11.3 Å². The fourth-order valence-corrected chi connectivity index (χ4v) is 2.15. The average Bonchev–Trinajstić information content (AvgIpc) is 2.84. The second-order valence-corrected chi connectivity index (χ2v) is 4.98. The van der Waals surface area contributed by atoms with Crippen LogP contribution in [0.15, 0.2) is 40.5 Å². The first-order chi connectivity index (χ1) is 8.16. The van der Waals surface area contributed by atoms with Crippen molar-refractivity contribution < 1.29 is 9.18 Å². The van der Waals surface area contributed by atoms with Gasteiger partial charge in [-0.1, -0.05) is 12.1 Å². The van der Waals surface area contributed by atoms with E-state index in [9.17, 15) is 9.18 Å². The summed E-state index contributed by atoms with van der Waals surface area (Å²) in [6.45, 7) is 0. The molecule has 17 heavy (non-hydrogen) atoms. The SMILES string of the molecule is O=C(/C=C/c1ccc(F)c(Br)c1)c1cncs1. The van der Waals surface area contributed by atoms with E-state index in [1.54, 1.807) is 23.7 Å². The number of aromatic nitrogens is 1. The summed E-state index contributed by atoms with van der Waals surface area (Å²) in [6.07, 6.45) is 4.62. The maximum Gasteiger partial charge on any atom is 0.197 e. The van der Waals surface area contributed by atoms with Crippen molar-refractivity contribution in [1.82, 2.24) is 4.98 Å². The summed E-state index contributed by atoms with van der Waals surface area (Å²) in [4.78, 5) is 16.0. The minimum Gasteiger partial charge on any atom is -0.288 e. The number of nitrogens with zero attached hydrogens (tertiary/aromatic N) is 1. The van der Waals surface area contributed by atoms with Crippen LogP contribution in [0.25, 0.3) is 6.08 Å². The summed E-state index contributed by atoms with van der Waals surface area (Å²) >= 11 is 4.38. The number of benzene rings is 1. The molecule has 0 aliphatic rings. The van der Waals surface area contributed by atoms with Crippen LogP contribution in [0.5, 0.6) is 0 Å². The molecule has 0 fully saturated rings. The van der Waals surface area contributed by atoms with Gasteiger partial charge in [0.25, 0.3) is 0 Å². The van der Waals surface area contributed by atoms with Crippen molar-refractivity contribution in [2.75, 3.05) is 0 Å². The summed E-state index contributed by atoms with van der Waals surface area (Å²) in [6, 6.07) is 4.57. The topological polar surface area (TPSA) is 30.0 Å². The Hall–Kier alpha value is -1.33. The molecule has 0 atom stereocenters. The van der Waals surface area contributed by atoms with Gasteiger partial charge in [-0.25, -0.2) is 4.39 Å². The number of hydrogen-bond acceptors (Lipinski definition) is 3. The number of carbonyl (C=O) groups is 1. The lowest BCUT2D eigenvalue weighted by atomic mass is 10.2. The molecule has 0 N–H and O–H groups in total. The number of ketones is 1. The molecule has 2 nitrogen and oxygen atoms in total. The Kier molecular flexibility index (Phi) is 3.81. The van der Waals surface area contributed by atoms with Crippen molar-refractivity contribution in [3.63, 3.8) is 0 Å². The molecule has 0 saturated carbocycles. The summed E-state index contributed by atoms with van der Waals surface area (Å²) in [5.74, 6) is -0.427. The molecule has 1 heterocycles. The Morgan fingerprint density at radius 1 is 1.47 bits per heavy atom. The summed E-state index contributed by atoms with van der Waals surface area (Å²) in [7, 11) is 0. The number of hydrogen-bond donors (Lipinski definition) is 0. The molecule has 0 spiro atoms. The van der Waals surface area contributed by atoms with Crippen molar-refractivity contribution in [3.05, 3.63) is 56.7 Å². The van der Waals surface area contributed by atoms with E-state index >= 15 is 0 Å². The molecular weight excluding hydrogens is 305 g/mol. The Balaban J connectivity index is 2.15. The van der Waals surface area contributed by atoms with Gasteiger partial charge < -0.3 is 0 Å². The monoisotopic (exact) mass is 311 g/mol. The van der Waals surface area contributed by atoms with Gasteiger partial charge in [0.2, 0.25) is 0 Å². The molecule has 0 saturated heterocycles. The summed E-state index contributed by atoms with van der Waals surface area (Å²) in [5.41, 5.74) is 2.37. The zero-order chi connectivity index (χ0) is 12.3. The average molecular weight is 312 g/mol. The minimum absolute atomic E-state index is 0.104. The molecule has 0 aliphatic heterocycles. The van der Waals surface area contributed by atoms with Gasteiger partial charge in [0.05, 0.1) is 14.9 Å². The maximum atomic E-state index is 13.0. The van der Waals surface area contributed by atoms with Crippen LogP contribution in [0.1, 0.15) is 15.2 Å². The van der Waals surface area contributed by atoms with Gasteiger partial charge in [-0.3, -0.25) is 9.78 Å². The predicted molar refractivity (Wildman–Crippen MR) is 69.6 cm³/mol. The van der Waals surface area contributed by atoms with Crippen LogP contribution in [0.2, 0.25) is 0 Å². The van der Waals surface area contributed by atoms with Gasteiger partial charge in [0.15, 0.2) is 5.78 Å². The van der Waals surface area contributed by atoms with Crippen LogP contribution in [0.3, 0.4) is 0 Å². The van der Waals surface area contributed by atoms with Gasteiger partial charge >= 0.3 is 0 Å². The standard InChI is InChI=1S/C12H7BrFNOS/c13-9-5-8(1-3-10(9)14)2-4-11(16)12-6-15-7-17-12/h1-7H/b4-2+. The fraction of sp³-hybridized carbons (Fsp3) is 0. The van der Waals surface area contributed by atoms with Gasteiger partial charge in [-0.2, -0.15) is 0 Å². The van der Waals surface area contributed by atoms with Crippen LogP contribution in [-0.2, 0) is 0 Å². The van der Waals surface area contributed by atoms with E-state index in [-0.39, 0.29) is 11.6 Å². The number of carbonyl (C=O) groups excluding carboxylic acids is 1. The largest absolute Gasteiger partial charge is 0.288 e. The Morgan fingerprint density at radius 3 is 2.94 bits per heavy atom. The highest BCUT2D eigenvalue weighted by atomic mass is 79.9. The van der Waals surface area contributed by atoms with E-state index in [4.69, 9.17) is 0 Å². The fourth-order valence-electron chi connectivity index (χ4n) is 1.21. The molecule has 1 aromatic carbocycles. The highest BCUT2D eigenvalue weighted by Gasteiger charge is 2.03. The molecule has 2 rings (SSSR count). The summed E-state index contributed by atoms with van der Waals surface area (Å²) < 4.78 is 13.4. The second-order valence-electron chi connectivity index (χ2n) is 3.24. The summed E-state index contributed by atoms with van der Waals surface area (Å²) in [5, 5.41) is 0. The number of rotatable bonds is 3. The van der Waals surface area contributed by atoms with E-state index in [1.807, 2.05) is 0 Å². The van der Waals surface area contributed by atoms with Crippen LogP contribution < -0.4 is 0 Å². The third-order valence-electron chi connectivity index (χ3n) is 2.05. The molecule has 0 aliphatic carbocycles. The van der Waals surface area contributed by atoms with Gasteiger partial charge in [0, 0.05) is 6.20 Å². The predicted octanol–water partition coefficient (Wildman–Crippen LogP) is 3.94. The highest BCUT2D eigenvalue weighted by Crippen LogP contribution is 2.18. The Bertz CT molecular complexity index is 566. The van der Waals surface area contributed by atoms with Gasteiger partial charge in [0.1, 0.15) is 5.82 Å². The lowest BCUT2D eigenvalue weighted by Crippen LogP contribution is -1.89. The smallest absolute Gasteiger partial charge is 0.197 e. The zero-order valence-electron chi connectivity index (χ0n) is 8.56. The molecule has 0 unspecified atom stereocenters. The minimum atomic E-state index is -0.323. The quantitative estimate of drug-likeness (QED) is 0.635. The number of allylic oxidation sites excluding steroid dienone is 1. The number of thiazole rings is 1. The van der Waals surface area contributed by atoms with E-state index in [2.05, 4.69) is 20.9 Å². The second kappa shape index (κ2) is 5.33. The molecule has 0 bridgehead atoms. The zero-order valence-corrected chi connectivity index (χ0v) is 11.0. The molecule has 2 aromatic rings. The van der Waals surface area contributed by atoms with Crippen molar-refractivity contribution >= 4 is 39.1 Å². The van der Waals surface area contributed by atoms with Crippen LogP contribution in [0, 0.1) is 5.82 Å². The highest BCUT2D eigenvalue weighted by molar-refractivity contribution is 9.10. The molecule has 0 radical (unpaired) electrons. The van der Waals surface area contributed by atoms with E-state index in [1.165, 1.54) is 29.7 Å². The van der Waals surface area contributed by atoms with E-state index in [0.717, 1.165) is 5.56 Å². The van der Waals surface area contributed by atoms with Crippen molar-refractivity contribution in [3.8, 4) is 0 Å². The Labute approximate surface area is 110 Å². The van der Waals surface area contributed by atoms with Crippen molar-refractivity contribution in [2.24, 2.45) is 0 Å². The van der Waals surface area contributed by atoms with E-state index < -0.39 is 0 Å². The van der Waals surface area contributed by atoms with E-state index in [0.29, 0.717) is 9.35 Å². The van der Waals surface area contributed by atoms with Crippen LogP contribution in [0.4, 0.5) is 4.39 Å². The maximum absolute atomic E-state index is 13.0. The molecular formula is C12H7BrFNOS. The lowest BCUT2D eigenvalue weighted by Gasteiger charge is -1.96. The first-order valence-electron chi connectivity index (χ1n) is 4.73. The first kappa shape index (κ1) is 12.1. The first-order valence-corrected chi connectivity index (χ1v) is 6.40. The lowest BCUT2D eigenvalue weighted by molar-refractivity contribution is 0.105. The van der Waals surface area contributed by atoms with Crippen LogP contribution in [-0.4, -0.2) is 10.8 Å². The van der Waals surface area contributed by atoms with Gasteiger partial charge in [-0.05, 0) is 39.7 Å². The van der Waals surface area contributed by atoms with Crippen LogP contribution >= 0.6 is 27.3 Å². The normalized spacial score (nSPS) is 10.9. The number of halogens is 2. The Morgan fingerprint density at radius 2 is 2.29 bits per heavy atom. The third kappa shape index (κ3) is 3.08. The third-order valence-corrected chi connectivity index (χ3v) is 3.44. The molecule has 5 heteroatoms. The molecule has 86 valence electrons. The molecule has 0 amide bonds. The van der Waals surface area contributed by atoms with Crippen molar-refractivity contribution in [1.29, 1.82) is 0 Å². The molecule has 1 aromatic heterocycles. The van der Waals surface area contributed by atoms with Crippen molar-refractivity contribution in [2.45, 2.75) is 0 Å².